The summed E-state index contributed by atoms with van der Waals surface area (Å²) in [6.07, 6.45) is 0.794. The molecular formula is C16H17F2N. The Labute approximate surface area is 112 Å². The van der Waals surface area contributed by atoms with Crippen molar-refractivity contribution in [1.82, 2.24) is 0 Å². The van der Waals surface area contributed by atoms with Gasteiger partial charge in [-0.1, -0.05) is 43.3 Å². The SMILES string of the molecule is CCC(c1ccccc1)C(N)c1ccc(F)cc1F. The first-order chi connectivity index (χ1) is 9.13. The summed E-state index contributed by atoms with van der Waals surface area (Å²) >= 11 is 0. The normalized spacial score (nSPS) is 14.1. The largest absolute Gasteiger partial charge is 0.323 e. The van der Waals surface area contributed by atoms with Crippen LogP contribution in [0.1, 0.15) is 36.4 Å². The minimum Gasteiger partial charge on any atom is -0.323 e. The van der Waals surface area contributed by atoms with Crippen molar-refractivity contribution >= 4 is 0 Å². The summed E-state index contributed by atoms with van der Waals surface area (Å²) in [5, 5.41) is 0. The van der Waals surface area contributed by atoms with Gasteiger partial charge in [-0.25, -0.2) is 8.78 Å². The Kier molecular flexibility index (Phi) is 4.27. The summed E-state index contributed by atoms with van der Waals surface area (Å²) in [6.45, 7) is 2.01. The first-order valence-corrected chi connectivity index (χ1v) is 6.39. The maximum atomic E-state index is 13.8. The third-order valence-corrected chi connectivity index (χ3v) is 3.42. The fourth-order valence-corrected chi connectivity index (χ4v) is 2.39. The second kappa shape index (κ2) is 5.93. The first-order valence-electron chi connectivity index (χ1n) is 6.39. The van der Waals surface area contributed by atoms with Crippen LogP contribution >= 0.6 is 0 Å². The molecule has 0 aliphatic carbocycles. The number of rotatable bonds is 4. The van der Waals surface area contributed by atoms with Gasteiger partial charge in [-0.2, -0.15) is 0 Å². The van der Waals surface area contributed by atoms with Crippen molar-refractivity contribution in [2.45, 2.75) is 25.3 Å². The third-order valence-electron chi connectivity index (χ3n) is 3.42. The van der Waals surface area contributed by atoms with E-state index in [9.17, 15) is 8.78 Å². The molecule has 0 saturated carbocycles. The van der Waals surface area contributed by atoms with E-state index in [0.717, 1.165) is 18.1 Å². The summed E-state index contributed by atoms with van der Waals surface area (Å²) < 4.78 is 26.7. The van der Waals surface area contributed by atoms with Crippen molar-refractivity contribution in [3.05, 3.63) is 71.3 Å². The monoisotopic (exact) mass is 261 g/mol. The van der Waals surface area contributed by atoms with E-state index >= 15 is 0 Å². The predicted molar refractivity (Wildman–Crippen MR) is 72.8 cm³/mol. The molecule has 2 aromatic carbocycles. The van der Waals surface area contributed by atoms with E-state index in [1.165, 1.54) is 12.1 Å². The van der Waals surface area contributed by atoms with Crippen molar-refractivity contribution in [2.75, 3.05) is 0 Å². The van der Waals surface area contributed by atoms with Gasteiger partial charge in [0.25, 0.3) is 0 Å². The van der Waals surface area contributed by atoms with E-state index in [1.54, 1.807) is 0 Å². The van der Waals surface area contributed by atoms with Crippen molar-refractivity contribution < 1.29 is 8.78 Å². The third kappa shape index (κ3) is 2.99. The van der Waals surface area contributed by atoms with Crippen LogP contribution in [0.3, 0.4) is 0 Å². The highest BCUT2D eigenvalue weighted by Crippen LogP contribution is 2.32. The molecule has 2 unspecified atom stereocenters. The van der Waals surface area contributed by atoms with E-state index < -0.39 is 17.7 Å². The Bertz CT molecular complexity index is 540. The molecular weight excluding hydrogens is 244 g/mol. The van der Waals surface area contributed by atoms with Gasteiger partial charge in [-0.05, 0) is 18.1 Å². The van der Waals surface area contributed by atoms with E-state index in [0.29, 0.717) is 5.56 Å². The zero-order chi connectivity index (χ0) is 13.8. The molecule has 0 heterocycles. The van der Waals surface area contributed by atoms with E-state index in [-0.39, 0.29) is 5.92 Å². The Morgan fingerprint density at radius 3 is 2.32 bits per heavy atom. The lowest BCUT2D eigenvalue weighted by atomic mass is 9.85. The highest BCUT2D eigenvalue weighted by molar-refractivity contribution is 5.29. The smallest absolute Gasteiger partial charge is 0.130 e. The molecule has 0 amide bonds. The molecule has 2 aromatic rings. The van der Waals surface area contributed by atoms with Crippen LogP contribution in [0.25, 0.3) is 0 Å². The molecule has 0 radical (unpaired) electrons. The fourth-order valence-electron chi connectivity index (χ4n) is 2.39. The lowest BCUT2D eigenvalue weighted by Gasteiger charge is -2.24. The maximum absolute atomic E-state index is 13.8. The van der Waals surface area contributed by atoms with Crippen molar-refractivity contribution in [3.8, 4) is 0 Å². The molecule has 0 spiro atoms. The van der Waals surface area contributed by atoms with Gasteiger partial charge < -0.3 is 5.73 Å². The summed E-state index contributed by atoms with van der Waals surface area (Å²) in [5.74, 6) is -1.15. The molecule has 3 heteroatoms. The molecule has 2 atom stereocenters. The average Bonchev–Trinajstić information content (AvgIpc) is 2.40. The van der Waals surface area contributed by atoms with Gasteiger partial charge in [0, 0.05) is 23.6 Å². The van der Waals surface area contributed by atoms with Crippen LogP contribution in [0.2, 0.25) is 0 Å². The lowest BCUT2D eigenvalue weighted by Crippen LogP contribution is -2.20. The zero-order valence-electron chi connectivity index (χ0n) is 10.8. The molecule has 0 fully saturated rings. The first kappa shape index (κ1) is 13.7. The van der Waals surface area contributed by atoms with Gasteiger partial charge in [0.1, 0.15) is 11.6 Å². The maximum Gasteiger partial charge on any atom is 0.130 e. The van der Waals surface area contributed by atoms with Crippen LogP contribution < -0.4 is 5.73 Å². The number of hydrogen-bond donors (Lipinski definition) is 1. The molecule has 2 rings (SSSR count). The molecule has 0 aliphatic heterocycles. The summed E-state index contributed by atoms with van der Waals surface area (Å²) in [6, 6.07) is 12.8. The van der Waals surface area contributed by atoms with E-state index in [4.69, 9.17) is 5.73 Å². The average molecular weight is 261 g/mol. The van der Waals surface area contributed by atoms with Gasteiger partial charge in [0.15, 0.2) is 0 Å². The van der Waals surface area contributed by atoms with E-state index in [2.05, 4.69) is 0 Å². The second-order valence-corrected chi connectivity index (χ2v) is 4.62. The molecule has 0 aliphatic rings. The standard InChI is InChI=1S/C16H17F2N/c1-2-13(11-6-4-3-5-7-11)16(19)14-9-8-12(17)10-15(14)18/h3-10,13,16H,2,19H2,1H3. The molecule has 0 saturated heterocycles. The number of halogens is 2. The summed E-state index contributed by atoms with van der Waals surface area (Å²) in [5.41, 5.74) is 7.60. The molecule has 0 bridgehead atoms. The van der Waals surface area contributed by atoms with Crippen LogP contribution in [-0.2, 0) is 0 Å². The Hall–Kier alpha value is -1.74. The molecule has 2 N–H and O–H groups in total. The summed E-state index contributed by atoms with van der Waals surface area (Å²) in [7, 11) is 0. The number of nitrogens with two attached hydrogens (primary N) is 1. The van der Waals surface area contributed by atoms with Crippen LogP contribution in [0.15, 0.2) is 48.5 Å². The minimum atomic E-state index is -0.582. The van der Waals surface area contributed by atoms with Crippen molar-refractivity contribution in [3.63, 3.8) is 0 Å². The zero-order valence-corrected chi connectivity index (χ0v) is 10.8. The Morgan fingerprint density at radius 1 is 1.05 bits per heavy atom. The van der Waals surface area contributed by atoms with Crippen LogP contribution in [-0.4, -0.2) is 0 Å². The quantitative estimate of drug-likeness (QED) is 0.878. The van der Waals surface area contributed by atoms with Gasteiger partial charge in [-0.3, -0.25) is 0 Å². The van der Waals surface area contributed by atoms with E-state index in [1.807, 2.05) is 37.3 Å². The van der Waals surface area contributed by atoms with Gasteiger partial charge in [0.2, 0.25) is 0 Å². The van der Waals surface area contributed by atoms with Crippen molar-refractivity contribution in [1.29, 1.82) is 0 Å². The minimum absolute atomic E-state index is 0.0150. The topological polar surface area (TPSA) is 26.0 Å². The highest BCUT2D eigenvalue weighted by atomic mass is 19.1. The predicted octanol–water partition coefficient (Wildman–Crippen LogP) is 4.16. The number of hydrogen-bond acceptors (Lipinski definition) is 1. The van der Waals surface area contributed by atoms with Crippen LogP contribution in [0, 0.1) is 11.6 Å². The highest BCUT2D eigenvalue weighted by Gasteiger charge is 2.22. The lowest BCUT2D eigenvalue weighted by molar-refractivity contribution is 0.499. The van der Waals surface area contributed by atoms with Gasteiger partial charge in [-0.15, -0.1) is 0 Å². The molecule has 100 valence electrons. The summed E-state index contributed by atoms with van der Waals surface area (Å²) in [4.78, 5) is 0. The van der Waals surface area contributed by atoms with Crippen LogP contribution in [0.4, 0.5) is 8.78 Å². The fraction of sp³-hybridized carbons (Fsp3) is 0.250. The van der Waals surface area contributed by atoms with Crippen molar-refractivity contribution in [2.24, 2.45) is 5.73 Å². The van der Waals surface area contributed by atoms with Gasteiger partial charge in [0.05, 0.1) is 0 Å². The molecule has 19 heavy (non-hydrogen) atoms. The van der Waals surface area contributed by atoms with Crippen LogP contribution in [0.5, 0.6) is 0 Å². The molecule has 0 aromatic heterocycles. The Morgan fingerprint density at radius 2 is 1.74 bits per heavy atom. The second-order valence-electron chi connectivity index (χ2n) is 4.62. The Balaban J connectivity index is 2.33. The molecule has 1 nitrogen and oxygen atoms in total. The van der Waals surface area contributed by atoms with Gasteiger partial charge >= 0.3 is 0 Å². The number of benzene rings is 2.